The van der Waals surface area contributed by atoms with E-state index in [9.17, 15) is 19.8 Å². The molecule has 21 heavy (non-hydrogen) atoms. The van der Waals surface area contributed by atoms with E-state index in [0.29, 0.717) is 18.7 Å². The van der Waals surface area contributed by atoms with Crippen LogP contribution in [0, 0.1) is 5.41 Å². The predicted molar refractivity (Wildman–Crippen MR) is 78.2 cm³/mol. The lowest BCUT2D eigenvalue weighted by Crippen LogP contribution is -2.39. The van der Waals surface area contributed by atoms with Crippen LogP contribution < -0.4 is 0 Å². The molecule has 0 aromatic rings. The molecule has 1 rings (SSSR count). The molecule has 0 aromatic carbocycles. The van der Waals surface area contributed by atoms with Gasteiger partial charge in [0.2, 0.25) is 0 Å². The third kappa shape index (κ3) is 3.62. The van der Waals surface area contributed by atoms with Gasteiger partial charge >= 0.3 is 5.97 Å². The van der Waals surface area contributed by atoms with E-state index in [1.165, 1.54) is 0 Å². The number of carbonyl (C=O) groups is 2. The molecule has 0 saturated heterocycles. The van der Waals surface area contributed by atoms with Crippen LogP contribution in [0.2, 0.25) is 0 Å². The minimum Gasteiger partial charge on any atom is -0.511 e. The molecular formula is C15H23NO5. The molecule has 0 aliphatic heterocycles. The third-order valence-corrected chi connectivity index (χ3v) is 3.78. The zero-order valence-corrected chi connectivity index (χ0v) is 12.8. The summed E-state index contributed by atoms with van der Waals surface area (Å²) in [5, 5.41) is 23.5. The number of oxime groups is 1. The van der Waals surface area contributed by atoms with Crippen LogP contribution in [0.5, 0.6) is 0 Å². The summed E-state index contributed by atoms with van der Waals surface area (Å²) < 4.78 is 0. The molecule has 1 atom stereocenters. The minimum absolute atomic E-state index is 0.0469. The molecule has 118 valence electrons. The molecule has 0 amide bonds. The van der Waals surface area contributed by atoms with Gasteiger partial charge in [0, 0.05) is 12.8 Å². The van der Waals surface area contributed by atoms with E-state index in [-0.39, 0.29) is 36.4 Å². The smallest absolute Gasteiger partial charge is 0.310 e. The van der Waals surface area contributed by atoms with Crippen molar-refractivity contribution in [3.05, 3.63) is 11.3 Å². The molecular weight excluding hydrogens is 274 g/mol. The van der Waals surface area contributed by atoms with Crippen molar-refractivity contribution < 1.29 is 24.6 Å². The summed E-state index contributed by atoms with van der Waals surface area (Å²) in [6.45, 7) is 5.78. The number of ketones is 1. The van der Waals surface area contributed by atoms with E-state index >= 15 is 0 Å². The number of carbonyl (C=O) groups excluding carboxylic acids is 1. The Hall–Kier alpha value is -1.85. The van der Waals surface area contributed by atoms with Gasteiger partial charge in [-0.2, -0.15) is 0 Å². The molecule has 1 aliphatic carbocycles. The summed E-state index contributed by atoms with van der Waals surface area (Å²) in [6.07, 6.45) is 1.37. The summed E-state index contributed by atoms with van der Waals surface area (Å²) in [7, 11) is 0. The highest BCUT2D eigenvalue weighted by Crippen LogP contribution is 2.40. The molecule has 1 aliphatic rings. The second kappa shape index (κ2) is 7.24. The van der Waals surface area contributed by atoms with Crippen molar-refractivity contribution in [2.45, 2.75) is 52.9 Å². The topological polar surface area (TPSA) is 96.2 Å². The molecule has 0 aromatic heterocycles. The second-order valence-corrected chi connectivity index (χ2v) is 5.24. The number of nitrogens with zero attached hydrogens (tertiary/aromatic N) is 1. The van der Waals surface area contributed by atoms with Crippen LogP contribution in [0.1, 0.15) is 52.9 Å². The molecule has 0 saturated carbocycles. The van der Waals surface area contributed by atoms with Gasteiger partial charge in [0.15, 0.2) is 5.78 Å². The Morgan fingerprint density at radius 3 is 2.43 bits per heavy atom. The Morgan fingerprint density at radius 2 is 2.00 bits per heavy atom. The van der Waals surface area contributed by atoms with Crippen LogP contribution in [0.15, 0.2) is 16.5 Å². The van der Waals surface area contributed by atoms with Crippen molar-refractivity contribution in [3.8, 4) is 0 Å². The van der Waals surface area contributed by atoms with Crippen LogP contribution in [-0.2, 0) is 14.4 Å². The molecule has 0 radical (unpaired) electrons. The summed E-state index contributed by atoms with van der Waals surface area (Å²) in [5.74, 6) is -1.62. The Balaban J connectivity index is 3.20. The molecule has 0 fully saturated rings. The largest absolute Gasteiger partial charge is 0.511 e. The van der Waals surface area contributed by atoms with E-state index in [1.54, 1.807) is 13.8 Å². The molecule has 2 N–H and O–H groups in total. The first-order valence-electron chi connectivity index (χ1n) is 7.29. The van der Waals surface area contributed by atoms with Gasteiger partial charge in [0.25, 0.3) is 0 Å². The minimum atomic E-state index is -1.21. The Labute approximate surface area is 124 Å². The molecule has 6 heteroatoms. The number of Topliss-reactive ketones (excluding diaryl/α,β-unsaturated/α-hetero) is 1. The highest BCUT2D eigenvalue weighted by Gasteiger charge is 2.45. The van der Waals surface area contributed by atoms with Crippen molar-refractivity contribution in [1.29, 1.82) is 0 Å². The highest BCUT2D eigenvalue weighted by atomic mass is 16.6. The lowest BCUT2D eigenvalue weighted by Gasteiger charge is -2.32. The van der Waals surface area contributed by atoms with Gasteiger partial charge in [-0.3, -0.25) is 9.59 Å². The molecule has 0 heterocycles. The third-order valence-electron chi connectivity index (χ3n) is 3.78. The van der Waals surface area contributed by atoms with E-state index in [0.717, 1.165) is 6.42 Å². The number of hydrogen-bond acceptors (Lipinski definition) is 5. The Bertz CT molecular complexity index is 480. The summed E-state index contributed by atoms with van der Waals surface area (Å²) in [6, 6.07) is 0. The number of aliphatic hydroxyl groups excluding tert-OH is 1. The summed E-state index contributed by atoms with van der Waals surface area (Å²) in [5.41, 5.74) is -0.680. The van der Waals surface area contributed by atoms with Gasteiger partial charge in [0.05, 0.1) is 16.7 Å². The van der Waals surface area contributed by atoms with Crippen molar-refractivity contribution in [2.24, 2.45) is 10.6 Å². The van der Waals surface area contributed by atoms with E-state index in [4.69, 9.17) is 4.84 Å². The van der Waals surface area contributed by atoms with Crippen molar-refractivity contribution in [1.82, 2.24) is 0 Å². The van der Waals surface area contributed by atoms with Gasteiger partial charge in [-0.05, 0) is 19.8 Å². The summed E-state index contributed by atoms with van der Waals surface area (Å²) >= 11 is 0. The first kappa shape index (κ1) is 17.2. The van der Waals surface area contributed by atoms with Crippen LogP contribution in [0.3, 0.4) is 0 Å². The second-order valence-electron chi connectivity index (χ2n) is 5.24. The van der Waals surface area contributed by atoms with Gasteiger partial charge in [-0.25, -0.2) is 0 Å². The van der Waals surface area contributed by atoms with Crippen molar-refractivity contribution in [3.63, 3.8) is 0 Å². The number of carboxylic acids is 1. The number of rotatable bonds is 7. The fourth-order valence-electron chi connectivity index (χ4n) is 2.50. The van der Waals surface area contributed by atoms with E-state index < -0.39 is 11.4 Å². The average molecular weight is 297 g/mol. The number of carboxylic acid groups (broad SMARTS) is 1. The number of aliphatic carboxylic acids is 1. The Kier molecular flexibility index (Phi) is 5.93. The van der Waals surface area contributed by atoms with Crippen LogP contribution in [0.4, 0.5) is 0 Å². The predicted octanol–water partition coefficient (Wildman–Crippen LogP) is 2.84. The van der Waals surface area contributed by atoms with Crippen LogP contribution in [0.25, 0.3) is 0 Å². The van der Waals surface area contributed by atoms with Gasteiger partial charge < -0.3 is 15.1 Å². The molecule has 6 nitrogen and oxygen atoms in total. The standard InChI is InChI=1S/C15H23NO5/c1-4-7-10(16-21-6-3)13-11(17)8-15(5-2,14(19)20)9-12(13)18/h17H,4-9H2,1-3H3,(H,19,20). The molecule has 1 unspecified atom stereocenters. The SMILES string of the molecule is CCCC(=NOCC)C1=C(O)CC(CC)(C(=O)O)CC1=O. The summed E-state index contributed by atoms with van der Waals surface area (Å²) in [4.78, 5) is 28.8. The fraction of sp³-hybridized carbons (Fsp3) is 0.667. The maximum absolute atomic E-state index is 12.3. The van der Waals surface area contributed by atoms with E-state index in [1.807, 2.05) is 6.92 Å². The number of hydrogen-bond donors (Lipinski definition) is 2. The van der Waals surface area contributed by atoms with Gasteiger partial charge in [0.1, 0.15) is 12.4 Å². The average Bonchev–Trinajstić information content (AvgIpc) is 2.43. The van der Waals surface area contributed by atoms with Crippen molar-refractivity contribution in [2.75, 3.05) is 6.61 Å². The first-order chi connectivity index (χ1) is 9.91. The monoisotopic (exact) mass is 297 g/mol. The number of allylic oxidation sites excluding steroid dienone is 2. The maximum Gasteiger partial charge on any atom is 0.310 e. The Morgan fingerprint density at radius 1 is 1.33 bits per heavy atom. The molecule has 0 spiro atoms. The van der Waals surface area contributed by atoms with Gasteiger partial charge in [-0.1, -0.05) is 25.4 Å². The molecule has 0 bridgehead atoms. The van der Waals surface area contributed by atoms with Crippen molar-refractivity contribution >= 4 is 17.5 Å². The number of aliphatic hydroxyl groups is 1. The first-order valence-corrected chi connectivity index (χ1v) is 7.29. The van der Waals surface area contributed by atoms with Gasteiger partial charge in [-0.15, -0.1) is 0 Å². The van der Waals surface area contributed by atoms with E-state index in [2.05, 4.69) is 5.16 Å². The highest BCUT2D eigenvalue weighted by molar-refractivity contribution is 6.23. The zero-order valence-electron chi connectivity index (χ0n) is 12.8. The quantitative estimate of drug-likeness (QED) is 0.556. The fourth-order valence-corrected chi connectivity index (χ4v) is 2.50. The van der Waals surface area contributed by atoms with Crippen LogP contribution >= 0.6 is 0 Å². The lowest BCUT2D eigenvalue weighted by atomic mass is 9.71. The lowest BCUT2D eigenvalue weighted by molar-refractivity contribution is -0.152. The maximum atomic E-state index is 12.3. The van der Waals surface area contributed by atoms with Crippen LogP contribution in [-0.4, -0.2) is 34.3 Å². The normalized spacial score (nSPS) is 23.4. The zero-order chi connectivity index (χ0) is 16.0.